The van der Waals surface area contributed by atoms with Gasteiger partial charge in [-0.05, 0) is 13.8 Å². The largest absolute Gasteiger partial charge is 0.391 e. The smallest absolute Gasteiger partial charge is 0.308 e. The van der Waals surface area contributed by atoms with E-state index in [9.17, 15) is 8.42 Å². The van der Waals surface area contributed by atoms with Crippen molar-refractivity contribution in [3.05, 3.63) is 12.3 Å². The Morgan fingerprint density at radius 2 is 2.11 bits per heavy atom. The summed E-state index contributed by atoms with van der Waals surface area (Å²) in [5.41, 5.74) is 0. The summed E-state index contributed by atoms with van der Waals surface area (Å²) in [6.07, 6.45) is 2.67. The van der Waals surface area contributed by atoms with Crippen LogP contribution in [0.4, 0.5) is 0 Å². The minimum Gasteiger partial charge on any atom is -0.391 e. The molecule has 0 aromatic heterocycles. The molecule has 3 nitrogen and oxygen atoms in total. The second-order valence-corrected chi connectivity index (χ2v) is 3.30. The van der Waals surface area contributed by atoms with Crippen LogP contribution in [0, 0.1) is 0 Å². The average Bonchev–Trinajstić information content (AvgIpc) is 1.84. The van der Waals surface area contributed by atoms with Gasteiger partial charge in [-0.3, -0.25) is 0 Å². The van der Waals surface area contributed by atoms with Crippen molar-refractivity contribution in [1.82, 2.24) is 0 Å². The maximum absolute atomic E-state index is 10.5. The van der Waals surface area contributed by atoms with Crippen LogP contribution in [0.15, 0.2) is 12.3 Å². The fraction of sp³-hybridized carbons (Fsp3) is 0.600. The van der Waals surface area contributed by atoms with E-state index in [1.165, 1.54) is 13.0 Å². The molecule has 0 aliphatic carbocycles. The van der Waals surface area contributed by atoms with Gasteiger partial charge in [0, 0.05) is 0 Å². The van der Waals surface area contributed by atoms with Crippen LogP contribution in [0.2, 0.25) is 0 Å². The van der Waals surface area contributed by atoms with Crippen LogP contribution in [0.5, 0.6) is 0 Å². The molecule has 0 saturated heterocycles. The molecule has 0 atom stereocenters. The normalized spacial score (nSPS) is 12.2. The van der Waals surface area contributed by atoms with Gasteiger partial charge >= 0.3 is 10.1 Å². The lowest BCUT2D eigenvalue weighted by Crippen LogP contribution is -2.03. The molecule has 0 spiro atoms. The highest BCUT2D eigenvalue weighted by Crippen LogP contribution is 1.91. The van der Waals surface area contributed by atoms with Gasteiger partial charge in [-0.2, -0.15) is 8.42 Å². The molecule has 9 heavy (non-hydrogen) atoms. The molecule has 0 aromatic rings. The summed E-state index contributed by atoms with van der Waals surface area (Å²) in [6.45, 7) is 3.21. The Morgan fingerprint density at radius 3 is 2.44 bits per heavy atom. The van der Waals surface area contributed by atoms with Crippen molar-refractivity contribution >= 4 is 10.1 Å². The predicted molar refractivity (Wildman–Crippen MR) is 35.4 cm³/mol. The SMILES string of the molecule is CC=COS(=O)(=O)CC. The van der Waals surface area contributed by atoms with Gasteiger partial charge in [0.1, 0.15) is 6.26 Å². The second kappa shape index (κ2) is 3.50. The first kappa shape index (κ1) is 8.49. The number of allylic oxidation sites excluding steroid dienone is 1. The fourth-order valence-electron chi connectivity index (χ4n) is 0.208. The third-order valence-electron chi connectivity index (χ3n) is 0.692. The molecule has 0 unspecified atom stereocenters. The third kappa shape index (κ3) is 4.02. The summed E-state index contributed by atoms with van der Waals surface area (Å²) >= 11 is 0. The maximum Gasteiger partial charge on any atom is 0.308 e. The third-order valence-corrected chi connectivity index (χ3v) is 1.80. The Balaban J connectivity index is 3.90. The molecule has 0 saturated carbocycles. The quantitative estimate of drug-likeness (QED) is 0.443. The predicted octanol–water partition coefficient (Wildman–Crippen LogP) is 0.886. The number of hydrogen-bond donors (Lipinski definition) is 0. The maximum atomic E-state index is 10.5. The van der Waals surface area contributed by atoms with Crippen LogP contribution in [-0.4, -0.2) is 14.2 Å². The van der Waals surface area contributed by atoms with Crippen LogP contribution in [0.25, 0.3) is 0 Å². The number of hydrogen-bond acceptors (Lipinski definition) is 3. The van der Waals surface area contributed by atoms with Crippen LogP contribution in [-0.2, 0) is 14.3 Å². The standard InChI is InChI=1S/C5H10O3S/c1-3-5-8-9(6,7)4-2/h3,5H,4H2,1-2H3. The second-order valence-electron chi connectivity index (χ2n) is 1.41. The highest BCUT2D eigenvalue weighted by molar-refractivity contribution is 7.86. The minimum absolute atomic E-state index is 0.0112. The molecule has 0 aromatic carbocycles. The molecule has 0 heterocycles. The molecule has 0 fully saturated rings. The van der Waals surface area contributed by atoms with Gasteiger partial charge in [-0.25, -0.2) is 0 Å². The molecule has 0 aliphatic heterocycles. The summed E-state index contributed by atoms with van der Waals surface area (Å²) < 4.78 is 25.3. The summed E-state index contributed by atoms with van der Waals surface area (Å²) in [5, 5.41) is 0. The lowest BCUT2D eigenvalue weighted by Gasteiger charge is -1.95. The van der Waals surface area contributed by atoms with E-state index in [1.807, 2.05) is 0 Å². The van der Waals surface area contributed by atoms with Crippen LogP contribution < -0.4 is 0 Å². The first-order chi connectivity index (χ1) is 4.12. The summed E-state index contributed by atoms with van der Waals surface area (Å²) in [6, 6.07) is 0. The Hall–Kier alpha value is -0.510. The lowest BCUT2D eigenvalue weighted by molar-refractivity contribution is 0.444. The minimum atomic E-state index is -3.27. The zero-order chi connectivity index (χ0) is 7.33. The van der Waals surface area contributed by atoms with Gasteiger partial charge < -0.3 is 4.18 Å². The first-order valence-corrected chi connectivity index (χ1v) is 4.22. The molecular weight excluding hydrogens is 140 g/mol. The van der Waals surface area contributed by atoms with Crippen molar-refractivity contribution in [2.45, 2.75) is 13.8 Å². The van der Waals surface area contributed by atoms with E-state index >= 15 is 0 Å². The van der Waals surface area contributed by atoms with Gasteiger partial charge in [0.05, 0.1) is 5.75 Å². The van der Waals surface area contributed by atoms with E-state index in [1.54, 1.807) is 6.92 Å². The monoisotopic (exact) mass is 150 g/mol. The van der Waals surface area contributed by atoms with Crippen molar-refractivity contribution < 1.29 is 12.6 Å². The van der Waals surface area contributed by atoms with Crippen molar-refractivity contribution in [3.63, 3.8) is 0 Å². The van der Waals surface area contributed by atoms with E-state index in [4.69, 9.17) is 0 Å². The molecule has 0 bridgehead atoms. The number of rotatable bonds is 3. The molecule has 0 amide bonds. The molecular formula is C5H10O3S. The Bertz CT molecular complexity index is 178. The van der Waals surface area contributed by atoms with Gasteiger partial charge in [-0.15, -0.1) is 0 Å². The van der Waals surface area contributed by atoms with Crippen LogP contribution in [0.3, 0.4) is 0 Å². The Kier molecular flexibility index (Phi) is 3.30. The van der Waals surface area contributed by atoms with Gasteiger partial charge in [0.15, 0.2) is 0 Å². The van der Waals surface area contributed by atoms with Crippen molar-refractivity contribution in [1.29, 1.82) is 0 Å². The van der Waals surface area contributed by atoms with Gasteiger partial charge in [-0.1, -0.05) is 6.08 Å². The van der Waals surface area contributed by atoms with Crippen molar-refractivity contribution in [2.24, 2.45) is 0 Å². The average molecular weight is 150 g/mol. The summed E-state index contributed by atoms with van der Waals surface area (Å²) in [4.78, 5) is 0. The molecule has 54 valence electrons. The fourth-order valence-corrected chi connectivity index (χ4v) is 0.625. The van der Waals surface area contributed by atoms with E-state index < -0.39 is 10.1 Å². The Morgan fingerprint density at radius 1 is 1.56 bits per heavy atom. The van der Waals surface area contributed by atoms with Gasteiger partial charge in [0.2, 0.25) is 0 Å². The highest BCUT2D eigenvalue weighted by Gasteiger charge is 2.02. The van der Waals surface area contributed by atoms with E-state index in [-0.39, 0.29) is 5.75 Å². The zero-order valence-corrected chi connectivity index (χ0v) is 6.31. The highest BCUT2D eigenvalue weighted by atomic mass is 32.2. The molecule has 0 rings (SSSR count). The van der Waals surface area contributed by atoms with Crippen LogP contribution in [0.1, 0.15) is 13.8 Å². The molecule has 4 heteroatoms. The van der Waals surface area contributed by atoms with Crippen LogP contribution >= 0.6 is 0 Å². The van der Waals surface area contributed by atoms with Crippen molar-refractivity contribution in [3.8, 4) is 0 Å². The van der Waals surface area contributed by atoms with E-state index in [0.29, 0.717) is 0 Å². The summed E-state index contributed by atoms with van der Waals surface area (Å²) in [7, 11) is -3.27. The zero-order valence-electron chi connectivity index (χ0n) is 5.49. The topological polar surface area (TPSA) is 43.4 Å². The van der Waals surface area contributed by atoms with Gasteiger partial charge in [0.25, 0.3) is 0 Å². The Labute approximate surface area is 55.5 Å². The molecule has 0 N–H and O–H groups in total. The van der Waals surface area contributed by atoms with E-state index in [2.05, 4.69) is 4.18 Å². The molecule has 0 radical (unpaired) electrons. The first-order valence-electron chi connectivity index (χ1n) is 2.64. The molecule has 0 aliphatic rings. The lowest BCUT2D eigenvalue weighted by atomic mass is 10.8. The van der Waals surface area contributed by atoms with E-state index in [0.717, 1.165) is 6.26 Å². The van der Waals surface area contributed by atoms with Crippen molar-refractivity contribution in [2.75, 3.05) is 5.75 Å². The summed E-state index contributed by atoms with van der Waals surface area (Å²) in [5.74, 6) is 0.0112.